The summed E-state index contributed by atoms with van der Waals surface area (Å²) in [6, 6.07) is 5.33. The van der Waals surface area contributed by atoms with Crippen LogP contribution < -0.4 is 0 Å². The van der Waals surface area contributed by atoms with E-state index in [0.29, 0.717) is 11.4 Å². The molecule has 90 valence electrons. The van der Waals surface area contributed by atoms with Crippen molar-refractivity contribution in [3.8, 4) is 0 Å². The fraction of sp³-hybridized carbons (Fsp3) is 0.273. The van der Waals surface area contributed by atoms with E-state index in [1.54, 1.807) is 23.9 Å². The van der Waals surface area contributed by atoms with Crippen molar-refractivity contribution in [2.45, 2.75) is 12.5 Å². The summed E-state index contributed by atoms with van der Waals surface area (Å²) in [4.78, 5) is 4.08. The molecule has 0 bridgehead atoms. The highest BCUT2D eigenvalue weighted by atomic mass is 79.9. The molecule has 2 rings (SSSR count). The number of aryl methyl sites for hydroxylation is 1. The van der Waals surface area contributed by atoms with Crippen LogP contribution in [-0.2, 0) is 13.5 Å². The molecule has 1 heterocycles. The van der Waals surface area contributed by atoms with E-state index < -0.39 is 6.10 Å². The van der Waals surface area contributed by atoms with Gasteiger partial charge in [-0.2, -0.15) is 5.10 Å². The summed E-state index contributed by atoms with van der Waals surface area (Å²) in [5.74, 6) is 0.726. The van der Waals surface area contributed by atoms with Gasteiger partial charge in [0.05, 0.1) is 6.10 Å². The van der Waals surface area contributed by atoms with Crippen molar-refractivity contribution in [2.24, 2.45) is 7.05 Å². The Balaban J connectivity index is 2.23. The average Bonchev–Trinajstić information content (AvgIpc) is 2.68. The summed E-state index contributed by atoms with van der Waals surface area (Å²) in [6.45, 7) is 0. The van der Waals surface area contributed by atoms with Gasteiger partial charge < -0.3 is 5.11 Å². The fourth-order valence-electron chi connectivity index (χ4n) is 1.56. The molecule has 0 radical (unpaired) electrons. The maximum absolute atomic E-state index is 10.2. The second-order valence-electron chi connectivity index (χ2n) is 3.69. The Morgan fingerprint density at radius 3 is 2.94 bits per heavy atom. The van der Waals surface area contributed by atoms with Crippen LogP contribution in [0.25, 0.3) is 0 Å². The van der Waals surface area contributed by atoms with Gasteiger partial charge >= 0.3 is 0 Å². The first kappa shape index (κ1) is 12.5. The molecule has 2 aromatic rings. The minimum Gasteiger partial charge on any atom is -0.388 e. The zero-order chi connectivity index (χ0) is 12.4. The van der Waals surface area contributed by atoms with Crippen LogP contribution in [0.15, 0.2) is 29.0 Å². The molecule has 0 aliphatic carbocycles. The van der Waals surface area contributed by atoms with Gasteiger partial charge in [0.2, 0.25) is 0 Å². The smallest absolute Gasteiger partial charge is 0.138 e. The van der Waals surface area contributed by atoms with Crippen LogP contribution in [-0.4, -0.2) is 19.9 Å². The molecule has 1 aromatic carbocycles. The minimum absolute atomic E-state index is 0.398. The predicted octanol–water partition coefficient (Wildman–Crippen LogP) is 2.51. The molecule has 0 saturated heterocycles. The third-order valence-corrected chi connectivity index (χ3v) is 3.46. The topological polar surface area (TPSA) is 50.9 Å². The molecular formula is C11H11BrClN3O. The van der Waals surface area contributed by atoms with Gasteiger partial charge in [-0.1, -0.05) is 27.5 Å². The summed E-state index contributed by atoms with van der Waals surface area (Å²) in [5.41, 5.74) is 0.750. The van der Waals surface area contributed by atoms with E-state index in [1.165, 1.54) is 6.33 Å². The van der Waals surface area contributed by atoms with Crippen LogP contribution in [0.2, 0.25) is 5.02 Å². The second kappa shape index (κ2) is 5.16. The van der Waals surface area contributed by atoms with Gasteiger partial charge in [-0.05, 0) is 23.8 Å². The van der Waals surface area contributed by atoms with Crippen LogP contribution in [0.1, 0.15) is 17.5 Å². The number of hydrogen-bond acceptors (Lipinski definition) is 3. The van der Waals surface area contributed by atoms with Gasteiger partial charge in [0.1, 0.15) is 12.2 Å². The normalized spacial score (nSPS) is 12.7. The lowest BCUT2D eigenvalue weighted by molar-refractivity contribution is 0.173. The molecule has 1 unspecified atom stereocenters. The third-order valence-electron chi connectivity index (χ3n) is 2.50. The van der Waals surface area contributed by atoms with Crippen molar-refractivity contribution in [3.05, 3.63) is 45.4 Å². The number of aromatic nitrogens is 3. The number of nitrogens with zero attached hydrogens (tertiary/aromatic N) is 3. The van der Waals surface area contributed by atoms with Gasteiger partial charge in [0, 0.05) is 23.0 Å². The second-order valence-corrected chi connectivity index (χ2v) is 4.98. The van der Waals surface area contributed by atoms with Crippen molar-refractivity contribution in [3.63, 3.8) is 0 Å². The van der Waals surface area contributed by atoms with Crippen LogP contribution in [0, 0.1) is 0 Å². The average molecular weight is 317 g/mol. The van der Waals surface area contributed by atoms with E-state index in [2.05, 4.69) is 26.0 Å². The van der Waals surface area contributed by atoms with Gasteiger partial charge in [0.15, 0.2) is 0 Å². The number of halogens is 2. The molecule has 4 nitrogen and oxygen atoms in total. The Hall–Kier alpha value is -0.910. The lowest BCUT2D eigenvalue weighted by Gasteiger charge is -2.12. The number of hydrogen-bond donors (Lipinski definition) is 1. The Kier molecular flexibility index (Phi) is 3.81. The summed E-state index contributed by atoms with van der Waals surface area (Å²) >= 11 is 9.30. The van der Waals surface area contributed by atoms with E-state index in [4.69, 9.17) is 11.6 Å². The number of aliphatic hydroxyl groups excluding tert-OH is 1. The maximum Gasteiger partial charge on any atom is 0.138 e. The first-order chi connectivity index (χ1) is 8.08. The zero-order valence-corrected chi connectivity index (χ0v) is 11.5. The number of aliphatic hydroxyl groups is 1. The standard InChI is InChI=1S/C11H11BrClN3O/c1-16-11(14-6-15-16)5-10(17)8-4-7(13)2-3-9(8)12/h2-4,6,10,17H,5H2,1H3. The molecule has 0 aliphatic heterocycles. The molecule has 17 heavy (non-hydrogen) atoms. The molecule has 1 atom stereocenters. The van der Waals surface area contributed by atoms with Crippen LogP contribution >= 0.6 is 27.5 Å². The summed E-state index contributed by atoms with van der Waals surface area (Å²) in [6.07, 6.45) is 1.20. The van der Waals surface area contributed by atoms with Crippen molar-refractivity contribution in [2.75, 3.05) is 0 Å². The highest BCUT2D eigenvalue weighted by molar-refractivity contribution is 9.10. The molecular weight excluding hydrogens is 305 g/mol. The van der Waals surface area contributed by atoms with Gasteiger partial charge in [-0.3, -0.25) is 4.68 Å². The molecule has 0 spiro atoms. The van der Waals surface area contributed by atoms with E-state index in [-0.39, 0.29) is 0 Å². The minimum atomic E-state index is -0.661. The Morgan fingerprint density at radius 1 is 1.53 bits per heavy atom. The third kappa shape index (κ3) is 2.86. The van der Waals surface area contributed by atoms with Crippen LogP contribution in [0.5, 0.6) is 0 Å². The molecule has 1 N–H and O–H groups in total. The molecule has 0 fully saturated rings. The van der Waals surface area contributed by atoms with Gasteiger partial charge in [-0.25, -0.2) is 4.98 Å². The fourth-order valence-corrected chi connectivity index (χ4v) is 2.25. The SMILES string of the molecule is Cn1ncnc1CC(O)c1cc(Cl)ccc1Br. The predicted molar refractivity (Wildman–Crippen MR) is 68.8 cm³/mol. The lowest BCUT2D eigenvalue weighted by atomic mass is 10.1. The van der Waals surface area contributed by atoms with Gasteiger partial charge in [-0.15, -0.1) is 0 Å². The molecule has 1 aromatic heterocycles. The number of rotatable bonds is 3. The first-order valence-electron chi connectivity index (χ1n) is 5.04. The molecule has 0 aliphatic rings. The Morgan fingerprint density at radius 2 is 2.29 bits per heavy atom. The summed E-state index contributed by atoms with van der Waals surface area (Å²) in [7, 11) is 1.79. The van der Waals surface area contributed by atoms with Gasteiger partial charge in [0.25, 0.3) is 0 Å². The Bertz CT molecular complexity index is 529. The summed E-state index contributed by atoms with van der Waals surface area (Å²) in [5, 5.41) is 14.7. The van der Waals surface area contributed by atoms with Crippen molar-refractivity contribution < 1.29 is 5.11 Å². The number of benzene rings is 1. The van der Waals surface area contributed by atoms with Crippen molar-refractivity contribution in [1.82, 2.24) is 14.8 Å². The summed E-state index contributed by atoms with van der Waals surface area (Å²) < 4.78 is 2.47. The quantitative estimate of drug-likeness (QED) is 0.946. The van der Waals surface area contributed by atoms with Crippen LogP contribution in [0.3, 0.4) is 0 Å². The zero-order valence-electron chi connectivity index (χ0n) is 9.14. The monoisotopic (exact) mass is 315 g/mol. The first-order valence-corrected chi connectivity index (χ1v) is 6.21. The van der Waals surface area contributed by atoms with Crippen molar-refractivity contribution in [1.29, 1.82) is 0 Å². The molecule has 6 heteroatoms. The highest BCUT2D eigenvalue weighted by Crippen LogP contribution is 2.28. The maximum atomic E-state index is 10.2. The highest BCUT2D eigenvalue weighted by Gasteiger charge is 2.15. The van der Waals surface area contributed by atoms with E-state index in [1.807, 2.05) is 6.07 Å². The Labute approximate surface area is 112 Å². The van der Waals surface area contributed by atoms with Crippen molar-refractivity contribution >= 4 is 27.5 Å². The van der Waals surface area contributed by atoms with E-state index >= 15 is 0 Å². The van der Waals surface area contributed by atoms with Crippen LogP contribution in [0.4, 0.5) is 0 Å². The van der Waals surface area contributed by atoms with E-state index in [0.717, 1.165) is 15.9 Å². The molecule has 0 amide bonds. The molecule has 0 saturated carbocycles. The van der Waals surface area contributed by atoms with E-state index in [9.17, 15) is 5.11 Å². The largest absolute Gasteiger partial charge is 0.388 e. The lowest BCUT2D eigenvalue weighted by Crippen LogP contribution is -2.08.